The molecule has 1 aliphatic carbocycles. The Kier molecular flexibility index (Phi) is 3.07. The molecule has 0 bridgehead atoms. The van der Waals surface area contributed by atoms with Crippen LogP contribution in [0.2, 0.25) is 0 Å². The summed E-state index contributed by atoms with van der Waals surface area (Å²) in [4.78, 5) is 4.16. The van der Waals surface area contributed by atoms with E-state index in [1.165, 1.54) is 6.42 Å². The Morgan fingerprint density at radius 2 is 2.44 bits per heavy atom. The molecule has 16 heavy (non-hydrogen) atoms. The van der Waals surface area contributed by atoms with Gasteiger partial charge >= 0.3 is 0 Å². The third-order valence-corrected chi connectivity index (χ3v) is 3.20. The first-order chi connectivity index (χ1) is 7.79. The van der Waals surface area contributed by atoms with Gasteiger partial charge in [0.2, 0.25) is 0 Å². The molecule has 1 aromatic heterocycles. The van der Waals surface area contributed by atoms with E-state index in [9.17, 15) is 0 Å². The molecule has 84 valence electrons. The van der Waals surface area contributed by atoms with Crippen molar-refractivity contribution in [1.82, 2.24) is 4.98 Å². The SMILES string of the molecule is COC1(CNc2ncccc2C#N)CCC1. The van der Waals surface area contributed by atoms with Crippen molar-refractivity contribution >= 4 is 5.82 Å². The summed E-state index contributed by atoms with van der Waals surface area (Å²) in [6.07, 6.45) is 5.04. The van der Waals surface area contributed by atoms with E-state index in [4.69, 9.17) is 10.00 Å². The Morgan fingerprint density at radius 1 is 1.62 bits per heavy atom. The van der Waals surface area contributed by atoms with Crippen LogP contribution >= 0.6 is 0 Å². The maximum Gasteiger partial charge on any atom is 0.143 e. The van der Waals surface area contributed by atoms with Gasteiger partial charge < -0.3 is 10.1 Å². The molecule has 0 aliphatic heterocycles. The average Bonchev–Trinajstić information content (AvgIpc) is 2.29. The van der Waals surface area contributed by atoms with E-state index < -0.39 is 0 Å². The van der Waals surface area contributed by atoms with E-state index >= 15 is 0 Å². The van der Waals surface area contributed by atoms with Crippen molar-refractivity contribution in [3.8, 4) is 6.07 Å². The number of hydrogen-bond donors (Lipinski definition) is 1. The number of anilines is 1. The lowest BCUT2D eigenvalue weighted by Gasteiger charge is -2.40. The quantitative estimate of drug-likeness (QED) is 0.837. The fraction of sp³-hybridized carbons (Fsp3) is 0.500. The molecule has 0 aromatic carbocycles. The number of nitrogens with one attached hydrogen (secondary N) is 1. The highest BCUT2D eigenvalue weighted by molar-refractivity contribution is 5.51. The van der Waals surface area contributed by atoms with E-state index in [2.05, 4.69) is 16.4 Å². The molecule has 4 heteroatoms. The minimum atomic E-state index is -0.0513. The van der Waals surface area contributed by atoms with Gasteiger partial charge in [0, 0.05) is 19.9 Å². The lowest BCUT2D eigenvalue weighted by Crippen LogP contribution is -2.45. The molecule has 0 atom stereocenters. The second kappa shape index (κ2) is 4.50. The van der Waals surface area contributed by atoms with Crippen molar-refractivity contribution in [3.05, 3.63) is 23.9 Å². The van der Waals surface area contributed by atoms with Crippen LogP contribution in [0.5, 0.6) is 0 Å². The zero-order valence-electron chi connectivity index (χ0n) is 9.36. The summed E-state index contributed by atoms with van der Waals surface area (Å²) in [7, 11) is 1.74. The zero-order chi connectivity index (χ0) is 11.4. The Labute approximate surface area is 95.3 Å². The molecule has 1 fully saturated rings. The molecular weight excluding hydrogens is 202 g/mol. The van der Waals surface area contributed by atoms with Crippen molar-refractivity contribution in [3.63, 3.8) is 0 Å². The zero-order valence-corrected chi connectivity index (χ0v) is 9.36. The highest BCUT2D eigenvalue weighted by atomic mass is 16.5. The molecule has 0 unspecified atom stereocenters. The monoisotopic (exact) mass is 217 g/mol. The van der Waals surface area contributed by atoms with Gasteiger partial charge in [-0.1, -0.05) is 0 Å². The first kappa shape index (κ1) is 10.9. The smallest absolute Gasteiger partial charge is 0.143 e. The molecule has 4 nitrogen and oxygen atoms in total. The molecule has 1 N–H and O–H groups in total. The fourth-order valence-electron chi connectivity index (χ4n) is 1.91. The number of nitriles is 1. The number of pyridine rings is 1. The van der Waals surface area contributed by atoms with Crippen molar-refractivity contribution in [2.24, 2.45) is 0 Å². The number of rotatable bonds is 4. The van der Waals surface area contributed by atoms with Crippen molar-refractivity contribution in [1.29, 1.82) is 5.26 Å². The molecule has 1 aliphatic rings. The fourth-order valence-corrected chi connectivity index (χ4v) is 1.91. The van der Waals surface area contributed by atoms with Gasteiger partial charge in [0.1, 0.15) is 11.9 Å². The lowest BCUT2D eigenvalue weighted by atomic mass is 9.80. The first-order valence-corrected chi connectivity index (χ1v) is 5.44. The number of hydrogen-bond acceptors (Lipinski definition) is 4. The number of methoxy groups -OCH3 is 1. The maximum atomic E-state index is 8.91. The topological polar surface area (TPSA) is 57.9 Å². The molecule has 1 saturated carbocycles. The summed E-state index contributed by atoms with van der Waals surface area (Å²) in [5.41, 5.74) is 0.526. The van der Waals surface area contributed by atoms with E-state index in [1.807, 2.05) is 0 Å². The Bertz CT molecular complexity index is 401. The van der Waals surface area contributed by atoms with E-state index in [0.29, 0.717) is 11.4 Å². The maximum absolute atomic E-state index is 8.91. The van der Waals surface area contributed by atoms with Gasteiger partial charge in [-0.25, -0.2) is 4.98 Å². The number of ether oxygens (including phenoxy) is 1. The molecule has 1 aromatic rings. The van der Waals surface area contributed by atoms with Gasteiger partial charge in [-0.3, -0.25) is 0 Å². The second-order valence-corrected chi connectivity index (χ2v) is 4.11. The molecule has 2 rings (SSSR count). The molecule has 0 radical (unpaired) electrons. The predicted octanol–water partition coefficient (Wildman–Crippen LogP) is 1.93. The van der Waals surface area contributed by atoms with Crippen molar-refractivity contribution < 1.29 is 4.74 Å². The van der Waals surface area contributed by atoms with Crippen LogP contribution in [0.1, 0.15) is 24.8 Å². The standard InChI is InChI=1S/C12H15N3O/c1-16-12(5-3-6-12)9-15-11-10(8-13)4-2-7-14-11/h2,4,7H,3,5-6,9H2,1H3,(H,14,15). The molecule has 0 amide bonds. The van der Waals surface area contributed by atoms with Crippen LogP contribution in [-0.4, -0.2) is 24.2 Å². The molecule has 1 heterocycles. The molecule has 0 saturated heterocycles. The van der Waals surface area contributed by atoms with Crippen LogP contribution in [0.4, 0.5) is 5.82 Å². The molecule has 0 spiro atoms. The highest BCUT2D eigenvalue weighted by Gasteiger charge is 2.36. The van der Waals surface area contributed by atoms with Crippen LogP contribution in [0.15, 0.2) is 18.3 Å². The van der Waals surface area contributed by atoms with Gasteiger partial charge in [0.05, 0.1) is 11.2 Å². The van der Waals surface area contributed by atoms with Gasteiger partial charge in [0.15, 0.2) is 0 Å². The summed E-state index contributed by atoms with van der Waals surface area (Å²) in [5.74, 6) is 0.647. The summed E-state index contributed by atoms with van der Waals surface area (Å²) in [6, 6.07) is 5.64. The third-order valence-electron chi connectivity index (χ3n) is 3.20. The van der Waals surface area contributed by atoms with Crippen LogP contribution in [0, 0.1) is 11.3 Å². The van der Waals surface area contributed by atoms with Gasteiger partial charge in [-0.05, 0) is 31.4 Å². The van der Waals surface area contributed by atoms with Crippen LogP contribution < -0.4 is 5.32 Å². The summed E-state index contributed by atoms with van der Waals surface area (Å²) in [5, 5.41) is 12.1. The van der Waals surface area contributed by atoms with Gasteiger partial charge in [-0.15, -0.1) is 0 Å². The largest absolute Gasteiger partial charge is 0.376 e. The van der Waals surface area contributed by atoms with Crippen LogP contribution in [-0.2, 0) is 4.74 Å². The van der Waals surface area contributed by atoms with Gasteiger partial charge in [0.25, 0.3) is 0 Å². The molecular formula is C12H15N3O. The first-order valence-electron chi connectivity index (χ1n) is 5.44. The average molecular weight is 217 g/mol. The third kappa shape index (κ3) is 2.00. The highest BCUT2D eigenvalue weighted by Crippen LogP contribution is 2.35. The number of nitrogens with zero attached hydrogens (tertiary/aromatic N) is 2. The summed E-state index contributed by atoms with van der Waals surface area (Å²) in [6.45, 7) is 0.717. The Morgan fingerprint density at radius 3 is 3.00 bits per heavy atom. The summed E-state index contributed by atoms with van der Waals surface area (Å²) >= 11 is 0. The normalized spacial score (nSPS) is 17.2. The lowest BCUT2D eigenvalue weighted by molar-refractivity contribution is -0.0601. The van der Waals surface area contributed by atoms with Crippen molar-refractivity contribution in [2.75, 3.05) is 19.0 Å². The predicted molar refractivity (Wildman–Crippen MR) is 61.0 cm³/mol. The Balaban J connectivity index is 2.02. The number of aromatic nitrogens is 1. The van der Waals surface area contributed by atoms with Crippen LogP contribution in [0.25, 0.3) is 0 Å². The van der Waals surface area contributed by atoms with E-state index in [-0.39, 0.29) is 5.60 Å². The van der Waals surface area contributed by atoms with E-state index in [1.54, 1.807) is 25.4 Å². The second-order valence-electron chi connectivity index (χ2n) is 4.11. The minimum Gasteiger partial charge on any atom is -0.376 e. The van der Waals surface area contributed by atoms with Gasteiger partial charge in [-0.2, -0.15) is 5.26 Å². The minimum absolute atomic E-state index is 0.0513. The Hall–Kier alpha value is -1.60. The van der Waals surface area contributed by atoms with Crippen LogP contribution in [0.3, 0.4) is 0 Å². The van der Waals surface area contributed by atoms with E-state index in [0.717, 1.165) is 19.4 Å². The van der Waals surface area contributed by atoms with Crippen molar-refractivity contribution in [2.45, 2.75) is 24.9 Å². The summed E-state index contributed by atoms with van der Waals surface area (Å²) < 4.78 is 5.50.